The molecular weight excluding hydrogens is 801 g/mol. The molecule has 3 aliphatic rings. The Morgan fingerprint density at radius 3 is 1.42 bits per heavy atom. The van der Waals surface area contributed by atoms with Crippen molar-refractivity contribution in [2.24, 2.45) is 0 Å². The maximum Gasteiger partial charge on any atom is 0.270 e. The molecule has 4 N–H and O–H groups in total. The van der Waals surface area contributed by atoms with Gasteiger partial charge in [-0.15, -0.1) is 0 Å². The van der Waals surface area contributed by atoms with Gasteiger partial charge in [0.25, 0.3) is 52.9 Å². The fraction of sp³-hybridized carbons (Fsp3) is 0.182. The number of amides is 8. The third-order valence-electron chi connectivity index (χ3n) is 10.7. The van der Waals surface area contributed by atoms with Gasteiger partial charge in [-0.2, -0.15) is 0 Å². The second-order valence-electron chi connectivity index (χ2n) is 14.5. The van der Waals surface area contributed by atoms with Crippen LogP contribution in [0.25, 0.3) is 10.8 Å². The van der Waals surface area contributed by atoms with E-state index in [-0.39, 0.29) is 115 Å². The lowest BCUT2D eigenvalue weighted by atomic mass is 9.92. The number of imide groups is 3. The zero-order chi connectivity index (χ0) is 43.7. The summed E-state index contributed by atoms with van der Waals surface area (Å²) in [7, 11) is 0. The highest BCUT2D eigenvalue weighted by Crippen LogP contribution is 2.36. The molecule has 0 saturated carbocycles. The van der Waals surface area contributed by atoms with Gasteiger partial charge in [0.15, 0.2) is 0 Å². The summed E-state index contributed by atoms with van der Waals surface area (Å²) in [6.45, 7) is 1.27. The monoisotopic (exact) mass is 836 g/mol. The van der Waals surface area contributed by atoms with E-state index in [4.69, 9.17) is 0 Å². The number of anilines is 1. The minimum atomic E-state index is -0.893. The second-order valence-corrected chi connectivity index (χ2v) is 14.5. The molecule has 0 radical (unpaired) electrons. The highest BCUT2D eigenvalue weighted by molar-refractivity contribution is 6.36. The van der Waals surface area contributed by atoms with Crippen molar-refractivity contribution in [3.63, 3.8) is 0 Å². The Balaban J connectivity index is 0.943. The molecule has 312 valence electrons. The average Bonchev–Trinajstić information content (AvgIpc) is 3.67. The summed E-state index contributed by atoms with van der Waals surface area (Å²) in [6, 6.07) is 23.8. The summed E-state index contributed by atoms with van der Waals surface area (Å²) in [5, 5.41) is 23.9. The van der Waals surface area contributed by atoms with E-state index in [1.165, 1.54) is 36.4 Å². The molecule has 0 aromatic heterocycles. The number of benzene rings is 5. The molecule has 0 saturated heterocycles. The minimum absolute atomic E-state index is 0.0692. The molecule has 0 bridgehead atoms. The molecule has 0 atom stereocenters. The molecule has 0 spiro atoms. The van der Waals surface area contributed by atoms with Crippen LogP contribution in [0.5, 0.6) is 0 Å². The van der Waals surface area contributed by atoms with E-state index in [1.54, 1.807) is 54.6 Å². The van der Waals surface area contributed by atoms with Gasteiger partial charge in [0.05, 0.1) is 38.4 Å². The Kier molecular flexibility index (Phi) is 11.2. The Labute approximate surface area is 352 Å². The van der Waals surface area contributed by atoms with Crippen molar-refractivity contribution >= 4 is 69.4 Å². The van der Waals surface area contributed by atoms with Gasteiger partial charge in [-0.1, -0.05) is 36.4 Å². The van der Waals surface area contributed by atoms with Crippen molar-refractivity contribution in [3.05, 3.63) is 152 Å². The molecule has 3 aliphatic heterocycles. The van der Waals surface area contributed by atoms with Gasteiger partial charge in [0.1, 0.15) is 0 Å². The molecule has 0 aliphatic carbocycles. The second kappa shape index (κ2) is 17.0. The van der Waals surface area contributed by atoms with E-state index >= 15 is 0 Å². The number of carbonyl (C=O) groups excluding carboxylic acids is 8. The van der Waals surface area contributed by atoms with E-state index in [1.807, 2.05) is 0 Å². The first-order valence-corrected chi connectivity index (χ1v) is 19.6. The number of nitrogens with one attached hydrogen (secondary N) is 4. The predicted octanol–water partition coefficient (Wildman–Crippen LogP) is 2.78. The Hall–Kier alpha value is -7.96. The van der Waals surface area contributed by atoms with E-state index in [9.17, 15) is 48.5 Å². The number of nitro benzene ring substituents is 1. The number of hydrogen-bond acceptors (Lipinski definition) is 12. The number of nitro groups is 1. The van der Waals surface area contributed by atoms with Gasteiger partial charge in [-0.05, 0) is 53.9 Å². The molecule has 8 rings (SSSR count). The van der Waals surface area contributed by atoms with Gasteiger partial charge >= 0.3 is 0 Å². The summed E-state index contributed by atoms with van der Waals surface area (Å²) < 4.78 is 0. The summed E-state index contributed by atoms with van der Waals surface area (Å²) in [5.41, 5.74) is 0.670. The molecule has 0 unspecified atom stereocenters. The van der Waals surface area contributed by atoms with Crippen molar-refractivity contribution in [1.82, 2.24) is 31.1 Å². The standard InChI is InChI=1S/C44H36N8O10/c53-37(47-14-12-45-16-18-49-39(55)30-7-1-2-8-31(30)40(49)56)26-20-27(38(54)48-15-13-46-17-19-50-41(57)32-9-3-4-10-33(32)42(50)58)23-28(22-26)51-43(59)34-11-5-6-25-21-29(52(61)62)24-35(36(25)34)44(51)60/h1-11,20-24,45-46H,12-19H2,(H,47,53)(H,48,54). The van der Waals surface area contributed by atoms with Gasteiger partial charge in [0, 0.05) is 86.6 Å². The highest BCUT2D eigenvalue weighted by Gasteiger charge is 2.38. The van der Waals surface area contributed by atoms with Gasteiger partial charge in [0.2, 0.25) is 0 Å². The Morgan fingerprint density at radius 1 is 0.500 bits per heavy atom. The van der Waals surface area contributed by atoms with E-state index in [2.05, 4.69) is 21.3 Å². The lowest BCUT2D eigenvalue weighted by Crippen LogP contribution is -2.41. The van der Waals surface area contributed by atoms with Crippen LogP contribution in [-0.4, -0.2) is 114 Å². The first-order chi connectivity index (χ1) is 29.9. The van der Waals surface area contributed by atoms with Crippen LogP contribution in [0.3, 0.4) is 0 Å². The number of rotatable bonds is 16. The number of hydrogen-bond donors (Lipinski definition) is 4. The Morgan fingerprint density at radius 2 is 0.952 bits per heavy atom. The molecule has 0 fully saturated rings. The zero-order valence-corrected chi connectivity index (χ0v) is 32.8. The normalized spacial score (nSPS) is 14.2. The maximum absolute atomic E-state index is 14.1. The third kappa shape index (κ3) is 7.55. The van der Waals surface area contributed by atoms with Crippen molar-refractivity contribution < 1.29 is 43.3 Å². The fourth-order valence-electron chi connectivity index (χ4n) is 7.68. The molecule has 62 heavy (non-hydrogen) atoms. The van der Waals surface area contributed by atoms with Crippen molar-refractivity contribution in [2.75, 3.05) is 57.3 Å². The van der Waals surface area contributed by atoms with E-state index in [0.29, 0.717) is 27.6 Å². The Bertz CT molecular complexity index is 2600. The van der Waals surface area contributed by atoms with Crippen LogP contribution in [0.1, 0.15) is 82.9 Å². The maximum atomic E-state index is 14.1. The fourth-order valence-corrected chi connectivity index (χ4v) is 7.68. The zero-order valence-electron chi connectivity index (χ0n) is 32.8. The lowest BCUT2D eigenvalue weighted by Gasteiger charge is -2.27. The molecule has 18 nitrogen and oxygen atoms in total. The van der Waals surface area contributed by atoms with Crippen molar-refractivity contribution in [3.8, 4) is 0 Å². The van der Waals surface area contributed by atoms with Crippen LogP contribution in [-0.2, 0) is 0 Å². The van der Waals surface area contributed by atoms with E-state index < -0.39 is 28.6 Å². The number of non-ortho nitro benzene ring substituents is 1. The summed E-state index contributed by atoms with van der Waals surface area (Å²) >= 11 is 0. The predicted molar refractivity (Wildman–Crippen MR) is 222 cm³/mol. The molecule has 5 aromatic carbocycles. The summed E-state index contributed by atoms with van der Waals surface area (Å²) in [5.74, 6) is -4.53. The average molecular weight is 837 g/mol. The molecular formula is C44H36N8O10. The molecule has 8 amide bonds. The van der Waals surface area contributed by atoms with Gasteiger partial charge in [-0.25, -0.2) is 4.90 Å². The smallest absolute Gasteiger partial charge is 0.270 e. The van der Waals surface area contributed by atoms with Gasteiger partial charge in [-0.3, -0.25) is 58.3 Å². The number of carbonyl (C=O) groups is 8. The van der Waals surface area contributed by atoms with Crippen molar-refractivity contribution in [2.45, 2.75) is 0 Å². The van der Waals surface area contributed by atoms with Crippen LogP contribution in [0.4, 0.5) is 11.4 Å². The topological polar surface area (TPSA) is 238 Å². The third-order valence-corrected chi connectivity index (χ3v) is 10.7. The lowest BCUT2D eigenvalue weighted by molar-refractivity contribution is -0.384. The molecule has 18 heteroatoms. The highest BCUT2D eigenvalue weighted by atomic mass is 16.6. The quantitative estimate of drug-likeness (QED) is 0.0486. The van der Waals surface area contributed by atoms with Crippen molar-refractivity contribution in [1.29, 1.82) is 0 Å². The summed E-state index contributed by atoms with van der Waals surface area (Å²) in [4.78, 5) is 120. The first-order valence-electron chi connectivity index (χ1n) is 19.6. The minimum Gasteiger partial charge on any atom is -0.351 e. The SMILES string of the molecule is O=C(NCCNCCN1C(=O)c2ccccc2C1=O)c1cc(C(=O)NCCNCCN2C(=O)c3ccccc3C2=O)cc(N2C(=O)c3cccc4cc([N+](=O)[O-])cc(c34)C2=O)c1. The number of fused-ring (bicyclic) bond motifs is 2. The molecule has 3 heterocycles. The number of nitrogens with zero attached hydrogens (tertiary/aromatic N) is 4. The van der Waals surface area contributed by atoms with Crippen LogP contribution in [0.2, 0.25) is 0 Å². The summed E-state index contributed by atoms with van der Waals surface area (Å²) in [6.07, 6.45) is 0. The van der Waals surface area contributed by atoms with Crippen LogP contribution >= 0.6 is 0 Å². The van der Waals surface area contributed by atoms with Crippen LogP contribution in [0.15, 0.2) is 97.1 Å². The molecule has 5 aromatic rings. The van der Waals surface area contributed by atoms with Crippen LogP contribution in [0, 0.1) is 10.1 Å². The van der Waals surface area contributed by atoms with E-state index in [0.717, 1.165) is 20.8 Å². The van der Waals surface area contributed by atoms with Crippen LogP contribution < -0.4 is 26.2 Å². The largest absolute Gasteiger partial charge is 0.351 e. The first kappa shape index (κ1) is 40.8. The van der Waals surface area contributed by atoms with Gasteiger partial charge < -0.3 is 21.3 Å².